The van der Waals surface area contributed by atoms with Gasteiger partial charge in [0, 0.05) is 41.7 Å². The van der Waals surface area contributed by atoms with Crippen LogP contribution in [-0.4, -0.2) is 41.8 Å². The Bertz CT molecular complexity index is 1270. The second-order valence-corrected chi connectivity index (χ2v) is 7.84. The summed E-state index contributed by atoms with van der Waals surface area (Å²) < 4.78 is 11.7. The summed E-state index contributed by atoms with van der Waals surface area (Å²) in [6, 6.07) is 18.9. The Hall–Kier alpha value is -3.68. The summed E-state index contributed by atoms with van der Waals surface area (Å²) in [6.45, 7) is 0.414. The van der Waals surface area contributed by atoms with Gasteiger partial charge in [0.05, 0.1) is 19.3 Å². The molecule has 5 rings (SSSR count). The van der Waals surface area contributed by atoms with Gasteiger partial charge in [-0.15, -0.1) is 0 Å². The Labute approximate surface area is 185 Å². The van der Waals surface area contributed by atoms with Gasteiger partial charge >= 0.3 is 0 Å². The van der Waals surface area contributed by atoms with Crippen LogP contribution in [0, 0.1) is 0 Å². The van der Waals surface area contributed by atoms with Crippen LogP contribution in [-0.2, 0) is 4.79 Å². The van der Waals surface area contributed by atoms with Crippen molar-refractivity contribution in [3.8, 4) is 28.2 Å². The van der Waals surface area contributed by atoms with Crippen molar-refractivity contribution in [1.82, 2.24) is 10.3 Å². The third-order valence-corrected chi connectivity index (χ3v) is 5.62. The van der Waals surface area contributed by atoms with Gasteiger partial charge in [-0.2, -0.15) is 0 Å². The third-order valence-electron chi connectivity index (χ3n) is 5.62. The molecular weight excluding hydrogens is 406 g/mol. The lowest BCUT2D eigenvalue weighted by atomic mass is 10.1. The molecule has 32 heavy (non-hydrogen) atoms. The quantitative estimate of drug-likeness (QED) is 0.446. The average Bonchev–Trinajstić information content (AvgIpc) is 3.45. The van der Waals surface area contributed by atoms with E-state index in [2.05, 4.69) is 15.6 Å². The van der Waals surface area contributed by atoms with Gasteiger partial charge in [0.1, 0.15) is 17.0 Å². The highest BCUT2D eigenvalue weighted by Crippen LogP contribution is 2.36. The van der Waals surface area contributed by atoms with Gasteiger partial charge in [0.15, 0.2) is 5.58 Å². The molecule has 3 N–H and O–H groups in total. The minimum Gasteiger partial charge on any atom is -0.497 e. The van der Waals surface area contributed by atoms with E-state index in [4.69, 9.17) is 9.15 Å². The lowest BCUT2D eigenvalue weighted by molar-refractivity contribution is -0.117. The monoisotopic (exact) mass is 429 g/mol. The second kappa shape index (κ2) is 8.45. The number of β-amino-alcohol motifs (C(OH)–C–C–N with tert-alkyl or cyclic N) is 1. The molecule has 2 unspecified atom stereocenters. The van der Waals surface area contributed by atoms with Crippen molar-refractivity contribution in [2.45, 2.75) is 18.6 Å². The first kappa shape index (κ1) is 20.2. The Balaban J connectivity index is 1.50. The Morgan fingerprint density at radius 3 is 2.75 bits per heavy atom. The van der Waals surface area contributed by atoms with Crippen molar-refractivity contribution >= 4 is 22.7 Å². The van der Waals surface area contributed by atoms with Gasteiger partial charge in [-0.3, -0.25) is 9.78 Å². The van der Waals surface area contributed by atoms with E-state index in [0.717, 1.165) is 22.2 Å². The number of pyridine rings is 1. The van der Waals surface area contributed by atoms with Crippen LogP contribution in [0.2, 0.25) is 0 Å². The van der Waals surface area contributed by atoms with Crippen molar-refractivity contribution in [3.63, 3.8) is 0 Å². The van der Waals surface area contributed by atoms with Crippen molar-refractivity contribution in [1.29, 1.82) is 0 Å². The molecule has 4 aromatic rings. The van der Waals surface area contributed by atoms with Crippen LogP contribution in [0.25, 0.3) is 33.6 Å². The zero-order valence-corrected chi connectivity index (χ0v) is 17.5. The van der Waals surface area contributed by atoms with Crippen molar-refractivity contribution in [2.75, 3.05) is 19.0 Å². The number of fused-ring (bicyclic) bond motifs is 1. The maximum atomic E-state index is 12.6. The molecule has 1 aliphatic heterocycles. The minimum atomic E-state index is -0.506. The highest BCUT2D eigenvalue weighted by Gasteiger charge is 2.28. The third kappa shape index (κ3) is 3.95. The molecule has 1 amide bonds. The number of aromatic nitrogens is 1. The molecule has 1 aliphatic rings. The van der Waals surface area contributed by atoms with Crippen LogP contribution in [0.4, 0.5) is 5.69 Å². The molecule has 2 aromatic carbocycles. The summed E-state index contributed by atoms with van der Waals surface area (Å²) in [5.74, 6) is 1.02. The SMILES string of the molecule is COc1cc(NC(=O)C2CC(O)CN2)cc(-c2cc3nccc(-c4ccccc4)c3o2)c1. The molecule has 3 heterocycles. The molecule has 1 saturated heterocycles. The number of aliphatic hydroxyl groups excluding tert-OH is 1. The fourth-order valence-electron chi connectivity index (χ4n) is 4.00. The summed E-state index contributed by atoms with van der Waals surface area (Å²) in [5.41, 5.74) is 4.81. The minimum absolute atomic E-state index is 0.196. The molecule has 0 saturated carbocycles. The Morgan fingerprint density at radius 2 is 2.00 bits per heavy atom. The van der Waals surface area contributed by atoms with E-state index < -0.39 is 12.1 Å². The largest absolute Gasteiger partial charge is 0.497 e. The van der Waals surface area contributed by atoms with Crippen molar-refractivity contribution in [2.24, 2.45) is 0 Å². The van der Waals surface area contributed by atoms with E-state index in [-0.39, 0.29) is 5.91 Å². The number of furan rings is 1. The zero-order valence-electron chi connectivity index (χ0n) is 17.5. The van der Waals surface area contributed by atoms with Gasteiger partial charge in [-0.25, -0.2) is 0 Å². The van der Waals surface area contributed by atoms with E-state index in [9.17, 15) is 9.90 Å². The van der Waals surface area contributed by atoms with E-state index in [1.165, 1.54) is 0 Å². The van der Waals surface area contributed by atoms with Crippen molar-refractivity contribution in [3.05, 3.63) is 66.9 Å². The summed E-state index contributed by atoms with van der Waals surface area (Å²) in [7, 11) is 1.58. The molecule has 7 nitrogen and oxygen atoms in total. The van der Waals surface area contributed by atoms with Gasteiger partial charge in [0.25, 0.3) is 0 Å². The Kier molecular flexibility index (Phi) is 5.34. The highest BCUT2D eigenvalue weighted by molar-refractivity contribution is 5.96. The molecule has 2 atom stereocenters. The average molecular weight is 429 g/mol. The number of rotatable bonds is 5. The molecule has 162 valence electrons. The van der Waals surface area contributed by atoms with Gasteiger partial charge in [-0.05, 0) is 30.2 Å². The number of nitrogens with one attached hydrogen (secondary N) is 2. The van der Waals surface area contributed by atoms with Crippen LogP contribution < -0.4 is 15.4 Å². The molecule has 0 radical (unpaired) electrons. The molecular formula is C25H23N3O4. The van der Waals surface area contributed by atoms with Crippen molar-refractivity contribution < 1.29 is 19.1 Å². The normalized spacial score (nSPS) is 18.1. The van der Waals surface area contributed by atoms with E-state index in [1.807, 2.05) is 54.6 Å². The van der Waals surface area contributed by atoms with E-state index >= 15 is 0 Å². The van der Waals surface area contributed by atoms with Crippen LogP contribution in [0.15, 0.2) is 71.3 Å². The first-order valence-electron chi connectivity index (χ1n) is 10.5. The van der Waals surface area contributed by atoms with Crippen LogP contribution in [0.5, 0.6) is 5.75 Å². The number of hydrogen-bond acceptors (Lipinski definition) is 6. The fourth-order valence-corrected chi connectivity index (χ4v) is 4.00. The second-order valence-electron chi connectivity index (χ2n) is 7.84. The lowest BCUT2D eigenvalue weighted by Gasteiger charge is -2.13. The topological polar surface area (TPSA) is 96.6 Å². The maximum absolute atomic E-state index is 12.6. The molecule has 0 aliphatic carbocycles. The zero-order chi connectivity index (χ0) is 22.1. The highest BCUT2D eigenvalue weighted by atomic mass is 16.5. The smallest absolute Gasteiger partial charge is 0.241 e. The van der Waals surface area contributed by atoms with E-state index in [0.29, 0.717) is 35.7 Å². The van der Waals surface area contributed by atoms with Crippen LogP contribution in [0.1, 0.15) is 6.42 Å². The Morgan fingerprint density at radius 1 is 1.16 bits per heavy atom. The fraction of sp³-hybridized carbons (Fsp3) is 0.200. The summed E-state index contributed by atoms with van der Waals surface area (Å²) in [5, 5.41) is 15.6. The van der Waals surface area contributed by atoms with Crippen LogP contribution in [0.3, 0.4) is 0 Å². The molecule has 0 bridgehead atoms. The van der Waals surface area contributed by atoms with Crippen LogP contribution >= 0.6 is 0 Å². The first-order valence-corrected chi connectivity index (χ1v) is 10.5. The predicted octanol–water partition coefficient (Wildman–Crippen LogP) is 3.83. The molecule has 7 heteroatoms. The van der Waals surface area contributed by atoms with Gasteiger partial charge in [0.2, 0.25) is 5.91 Å². The summed E-state index contributed by atoms with van der Waals surface area (Å²) >= 11 is 0. The summed E-state index contributed by atoms with van der Waals surface area (Å²) in [6.07, 6.45) is 1.65. The maximum Gasteiger partial charge on any atom is 0.241 e. The number of carbonyl (C=O) groups excluding carboxylic acids is 1. The van der Waals surface area contributed by atoms with Gasteiger partial charge in [-0.1, -0.05) is 30.3 Å². The number of carbonyl (C=O) groups is 1. The number of aliphatic hydroxyl groups is 1. The number of anilines is 1. The number of hydrogen-bond donors (Lipinski definition) is 3. The molecule has 0 spiro atoms. The number of benzene rings is 2. The number of amides is 1. The lowest BCUT2D eigenvalue weighted by Crippen LogP contribution is -2.35. The predicted molar refractivity (Wildman–Crippen MR) is 122 cm³/mol. The molecule has 2 aromatic heterocycles. The number of ether oxygens (including phenoxy) is 1. The van der Waals surface area contributed by atoms with Gasteiger partial charge < -0.3 is 24.9 Å². The summed E-state index contributed by atoms with van der Waals surface area (Å²) in [4.78, 5) is 17.1. The standard InChI is InChI=1S/C25H23N3O4/c1-31-19-10-16(9-17(11-19)28-25(30)22-12-18(29)14-27-22)23-13-21-24(32-23)20(7-8-26-21)15-5-3-2-4-6-15/h2-11,13,18,22,27,29H,12,14H2,1H3,(H,28,30). The van der Waals surface area contributed by atoms with E-state index in [1.54, 1.807) is 19.4 Å². The molecule has 1 fully saturated rings. The number of nitrogens with zero attached hydrogens (tertiary/aromatic N) is 1. The number of methoxy groups -OCH3 is 1. The first-order chi connectivity index (χ1) is 15.6.